The normalized spacial score (nSPS) is 12.2. The predicted molar refractivity (Wildman–Crippen MR) is 56.1 cm³/mol. The Morgan fingerprint density at radius 2 is 2.00 bits per heavy atom. The molecule has 1 radical (unpaired) electrons. The fraction of sp³-hybridized carbons (Fsp3) is 0.111. The van der Waals surface area contributed by atoms with Gasteiger partial charge in [-0.2, -0.15) is 0 Å². The van der Waals surface area contributed by atoms with Gasteiger partial charge in [0.1, 0.15) is 0 Å². The fourth-order valence-electron chi connectivity index (χ4n) is 0.805. The first-order valence-electron chi connectivity index (χ1n) is 3.78. The van der Waals surface area contributed by atoms with Crippen molar-refractivity contribution in [3.63, 3.8) is 0 Å². The van der Waals surface area contributed by atoms with Crippen LogP contribution in [0.5, 0.6) is 0 Å². The summed E-state index contributed by atoms with van der Waals surface area (Å²) in [5.74, 6) is 0. The Morgan fingerprint density at radius 3 is 2.54 bits per heavy atom. The summed E-state index contributed by atoms with van der Waals surface area (Å²) in [5, 5.41) is 7.43. The number of benzene rings is 1. The molecule has 0 fully saturated rings. The second-order valence-corrected chi connectivity index (χ2v) is 3.47. The summed E-state index contributed by atoms with van der Waals surface area (Å²) >= 11 is 2.55. The van der Waals surface area contributed by atoms with E-state index in [4.69, 9.17) is 5.73 Å². The molecule has 0 bridgehead atoms. The summed E-state index contributed by atoms with van der Waals surface area (Å²) in [7, 11) is 0. The van der Waals surface area contributed by atoms with Crippen LogP contribution in [0.15, 0.2) is 34.5 Å². The van der Waals surface area contributed by atoms with Crippen LogP contribution in [0.1, 0.15) is 11.1 Å². The van der Waals surface area contributed by atoms with E-state index >= 15 is 0 Å². The van der Waals surface area contributed by atoms with Crippen molar-refractivity contribution in [1.29, 1.82) is 0 Å². The molecule has 0 aliphatic carbocycles. The van der Waals surface area contributed by atoms with Gasteiger partial charge in [0.05, 0.1) is 0 Å². The second kappa shape index (κ2) is 4.80. The molecule has 0 aliphatic heterocycles. The van der Waals surface area contributed by atoms with Gasteiger partial charge in [0.15, 0.2) is 0 Å². The zero-order valence-corrected chi connectivity index (χ0v) is 8.98. The van der Waals surface area contributed by atoms with E-state index in [1.165, 1.54) is 5.56 Å². The third-order valence-corrected chi connectivity index (χ3v) is 1.61. The maximum absolute atomic E-state index is 5.26. The Kier molecular flexibility index (Phi) is 3.68. The molecule has 1 rings (SSSR count). The Hall–Kier alpha value is -1.12. The molecule has 0 heterocycles. The van der Waals surface area contributed by atoms with Gasteiger partial charge in [0.25, 0.3) is 0 Å². The minimum atomic E-state index is 0.336. The van der Waals surface area contributed by atoms with Gasteiger partial charge in [-0.1, -0.05) is 0 Å². The van der Waals surface area contributed by atoms with Gasteiger partial charge in [-0.25, -0.2) is 0 Å². The zero-order chi connectivity index (χ0) is 9.68. The molecule has 0 aliphatic rings. The van der Waals surface area contributed by atoms with Crippen LogP contribution in [0, 0.1) is 6.92 Å². The zero-order valence-electron chi connectivity index (χ0n) is 7.27. The molecule has 3 nitrogen and oxygen atoms in total. The van der Waals surface area contributed by atoms with Crippen molar-refractivity contribution < 1.29 is 0 Å². The molecule has 1 aromatic carbocycles. The Balaban J connectivity index is 2.70. The van der Waals surface area contributed by atoms with Gasteiger partial charge in [-0.3, -0.25) is 0 Å². The summed E-state index contributed by atoms with van der Waals surface area (Å²) in [4.78, 5) is 0. The number of aryl methyl sites for hydroxylation is 1. The molecule has 1 aromatic rings. The van der Waals surface area contributed by atoms with Crippen LogP contribution in [0.3, 0.4) is 0 Å². The van der Waals surface area contributed by atoms with Gasteiger partial charge < -0.3 is 0 Å². The summed E-state index contributed by atoms with van der Waals surface area (Å²) in [6, 6.07) is 7.99. The topological polar surface area (TPSA) is 50.7 Å². The summed E-state index contributed by atoms with van der Waals surface area (Å²) in [6.07, 6.45) is 1.66. The van der Waals surface area contributed by atoms with Crippen molar-refractivity contribution >= 4 is 27.0 Å². The van der Waals surface area contributed by atoms with E-state index in [1.807, 2.05) is 31.2 Å². The Bertz CT molecular complexity index is 323. The van der Waals surface area contributed by atoms with Gasteiger partial charge in [-0.05, 0) is 0 Å². The molecule has 0 amide bonds. The van der Waals surface area contributed by atoms with E-state index in [0.717, 1.165) is 5.56 Å². The molecule has 0 spiro atoms. The first kappa shape index (κ1) is 9.96. The predicted octanol–water partition coefficient (Wildman–Crippen LogP) is 0.812. The SMILES string of the molecule is Cc1ccc(C=NN=C(N)[Se])cc1. The molecule has 2 N–H and O–H groups in total. The standard InChI is InChI=1S/C9H10N3Se/c1-7-2-4-8(5-3-7)6-11-12-9(10)13/h2-6H,1H3,(H2,10,12). The summed E-state index contributed by atoms with van der Waals surface area (Å²) < 4.78 is 0.336. The van der Waals surface area contributed by atoms with E-state index < -0.39 is 0 Å². The van der Waals surface area contributed by atoms with E-state index in [9.17, 15) is 0 Å². The average molecular weight is 239 g/mol. The average Bonchev–Trinajstić information content (AvgIpc) is 2.08. The van der Waals surface area contributed by atoms with Crippen molar-refractivity contribution in [2.45, 2.75) is 6.92 Å². The van der Waals surface area contributed by atoms with Gasteiger partial charge in [0, 0.05) is 0 Å². The summed E-state index contributed by atoms with van der Waals surface area (Å²) in [5.41, 5.74) is 7.50. The molecule has 67 valence electrons. The number of nitrogens with zero attached hydrogens (tertiary/aromatic N) is 2. The van der Waals surface area contributed by atoms with Gasteiger partial charge >= 0.3 is 85.2 Å². The molecule has 0 unspecified atom stereocenters. The van der Waals surface area contributed by atoms with E-state index in [2.05, 4.69) is 26.2 Å². The quantitative estimate of drug-likeness (QED) is 0.353. The third kappa shape index (κ3) is 3.87. The summed E-state index contributed by atoms with van der Waals surface area (Å²) in [6.45, 7) is 2.04. The number of hydrogen-bond acceptors (Lipinski definition) is 2. The number of rotatable bonds is 2. The Morgan fingerprint density at radius 1 is 1.38 bits per heavy atom. The van der Waals surface area contributed by atoms with Crippen molar-refractivity contribution in [2.75, 3.05) is 0 Å². The fourth-order valence-corrected chi connectivity index (χ4v) is 0.904. The molecular weight excluding hydrogens is 229 g/mol. The number of amidine groups is 1. The molecule has 13 heavy (non-hydrogen) atoms. The van der Waals surface area contributed by atoms with Crippen LogP contribution < -0.4 is 5.73 Å². The van der Waals surface area contributed by atoms with Crippen molar-refractivity contribution in [3.8, 4) is 0 Å². The van der Waals surface area contributed by atoms with E-state index in [0.29, 0.717) is 4.73 Å². The molecule has 4 heteroatoms. The van der Waals surface area contributed by atoms with Crippen LogP contribution in [0.2, 0.25) is 0 Å². The van der Waals surface area contributed by atoms with Crippen molar-refractivity contribution in [1.82, 2.24) is 0 Å². The van der Waals surface area contributed by atoms with Crippen LogP contribution >= 0.6 is 0 Å². The maximum atomic E-state index is 5.26. The van der Waals surface area contributed by atoms with Crippen LogP contribution in [-0.4, -0.2) is 27.0 Å². The minimum absolute atomic E-state index is 0.336. The van der Waals surface area contributed by atoms with Crippen LogP contribution in [-0.2, 0) is 0 Å². The molecule has 0 saturated carbocycles. The second-order valence-electron chi connectivity index (χ2n) is 2.59. The first-order chi connectivity index (χ1) is 6.18. The molecular formula is C9H10N3Se. The van der Waals surface area contributed by atoms with Crippen molar-refractivity contribution in [2.24, 2.45) is 15.9 Å². The van der Waals surface area contributed by atoms with Crippen LogP contribution in [0.4, 0.5) is 0 Å². The number of nitrogens with two attached hydrogens (primary N) is 1. The van der Waals surface area contributed by atoms with Gasteiger partial charge in [-0.15, -0.1) is 0 Å². The van der Waals surface area contributed by atoms with E-state index in [-0.39, 0.29) is 0 Å². The van der Waals surface area contributed by atoms with E-state index in [1.54, 1.807) is 6.21 Å². The first-order valence-corrected chi connectivity index (χ1v) is 4.64. The molecule has 0 aromatic heterocycles. The third-order valence-electron chi connectivity index (χ3n) is 1.44. The monoisotopic (exact) mass is 240 g/mol. The number of hydrogen-bond donors (Lipinski definition) is 1. The van der Waals surface area contributed by atoms with Crippen LogP contribution in [0.25, 0.3) is 0 Å². The molecule has 0 saturated heterocycles. The molecule has 0 atom stereocenters. The van der Waals surface area contributed by atoms with Crippen molar-refractivity contribution in [3.05, 3.63) is 35.4 Å². The van der Waals surface area contributed by atoms with Gasteiger partial charge in [0.2, 0.25) is 0 Å². The Labute approximate surface area is 85.6 Å².